The molecule has 5 heteroatoms. The Labute approximate surface area is 119 Å². The smallest absolute Gasteiger partial charge is 0.238 e. The van der Waals surface area contributed by atoms with Crippen molar-refractivity contribution in [2.45, 2.75) is 26.2 Å². The second-order valence-corrected chi connectivity index (χ2v) is 5.43. The first-order valence-corrected chi connectivity index (χ1v) is 7.15. The number of anilines is 2. The number of likely N-dealkylation sites (tertiary alicyclic amines) is 1. The Kier molecular flexibility index (Phi) is 4.95. The summed E-state index contributed by atoms with van der Waals surface area (Å²) in [4.78, 5) is 14.2. The maximum Gasteiger partial charge on any atom is 0.238 e. The topological polar surface area (TPSA) is 58.4 Å². The van der Waals surface area contributed by atoms with Crippen molar-refractivity contribution in [3.05, 3.63) is 24.0 Å². The Morgan fingerprint density at radius 3 is 3.10 bits per heavy atom. The highest BCUT2D eigenvalue weighted by Crippen LogP contribution is 2.21. The van der Waals surface area contributed by atoms with Crippen LogP contribution in [0.1, 0.15) is 26.2 Å². The van der Waals surface area contributed by atoms with Crippen molar-refractivity contribution in [3.63, 3.8) is 0 Å². The van der Waals surface area contributed by atoms with Gasteiger partial charge in [0.1, 0.15) is 5.82 Å². The van der Waals surface area contributed by atoms with E-state index in [2.05, 4.69) is 17.1 Å². The number of benzene rings is 1. The van der Waals surface area contributed by atoms with Crippen LogP contribution < -0.4 is 11.1 Å². The predicted molar refractivity (Wildman–Crippen MR) is 78.9 cm³/mol. The van der Waals surface area contributed by atoms with Crippen molar-refractivity contribution in [1.82, 2.24) is 4.90 Å². The van der Waals surface area contributed by atoms with Crippen LogP contribution in [0, 0.1) is 11.7 Å². The first kappa shape index (κ1) is 14.8. The third-order valence-corrected chi connectivity index (χ3v) is 3.84. The number of rotatable bonds is 4. The maximum atomic E-state index is 13.1. The molecule has 0 radical (unpaired) electrons. The largest absolute Gasteiger partial charge is 0.397 e. The number of nitrogens with two attached hydrogens (primary N) is 1. The Hall–Kier alpha value is -1.62. The lowest BCUT2D eigenvalue weighted by Crippen LogP contribution is -2.40. The average Bonchev–Trinajstić information content (AvgIpc) is 2.43. The zero-order chi connectivity index (χ0) is 14.5. The van der Waals surface area contributed by atoms with Gasteiger partial charge in [0.2, 0.25) is 5.91 Å². The van der Waals surface area contributed by atoms with E-state index in [0.29, 0.717) is 23.8 Å². The fourth-order valence-electron chi connectivity index (χ4n) is 2.66. The van der Waals surface area contributed by atoms with E-state index in [4.69, 9.17) is 5.73 Å². The second-order valence-electron chi connectivity index (χ2n) is 5.43. The van der Waals surface area contributed by atoms with Crippen molar-refractivity contribution < 1.29 is 9.18 Å². The normalized spacial score (nSPS) is 19.8. The molecule has 4 nitrogen and oxygen atoms in total. The average molecular weight is 279 g/mol. The highest BCUT2D eigenvalue weighted by atomic mass is 19.1. The molecule has 1 unspecified atom stereocenters. The van der Waals surface area contributed by atoms with Crippen molar-refractivity contribution in [1.29, 1.82) is 0 Å². The van der Waals surface area contributed by atoms with E-state index in [1.54, 1.807) is 0 Å². The summed E-state index contributed by atoms with van der Waals surface area (Å²) >= 11 is 0. The summed E-state index contributed by atoms with van der Waals surface area (Å²) in [6.07, 6.45) is 3.52. The molecular formula is C15H22FN3O. The molecule has 1 aliphatic heterocycles. The molecule has 1 amide bonds. The standard InChI is InChI=1S/C15H22FN3O/c1-2-11-4-3-7-19(9-11)10-15(20)18-14-8-12(16)5-6-13(14)17/h5-6,8,11H,2-4,7,9-10,17H2,1H3,(H,18,20). The molecule has 3 N–H and O–H groups in total. The first-order valence-electron chi connectivity index (χ1n) is 7.15. The molecule has 0 saturated carbocycles. The minimum Gasteiger partial charge on any atom is -0.397 e. The number of carbonyl (C=O) groups excluding carboxylic acids is 1. The fourth-order valence-corrected chi connectivity index (χ4v) is 2.66. The van der Waals surface area contributed by atoms with Gasteiger partial charge in [-0.25, -0.2) is 4.39 Å². The Balaban J connectivity index is 1.90. The zero-order valence-electron chi connectivity index (χ0n) is 11.9. The molecule has 2 rings (SSSR count). The van der Waals surface area contributed by atoms with Crippen molar-refractivity contribution in [3.8, 4) is 0 Å². The van der Waals surface area contributed by atoms with Crippen LogP contribution in [0.2, 0.25) is 0 Å². The molecule has 110 valence electrons. The van der Waals surface area contributed by atoms with E-state index in [0.717, 1.165) is 25.9 Å². The number of halogens is 1. The van der Waals surface area contributed by atoms with Gasteiger partial charge < -0.3 is 11.1 Å². The number of amides is 1. The van der Waals surface area contributed by atoms with E-state index in [9.17, 15) is 9.18 Å². The van der Waals surface area contributed by atoms with Gasteiger partial charge in [0.05, 0.1) is 17.9 Å². The van der Waals surface area contributed by atoms with Crippen LogP contribution in [0.5, 0.6) is 0 Å². The van der Waals surface area contributed by atoms with Crippen LogP contribution in [-0.2, 0) is 4.79 Å². The van der Waals surface area contributed by atoms with E-state index >= 15 is 0 Å². The third-order valence-electron chi connectivity index (χ3n) is 3.84. The lowest BCUT2D eigenvalue weighted by molar-refractivity contribution is -0.117. The monoisotopic (exact) mass is 279 g/mol. The molecule has 0 aliphatic carbocycles. The van der Waals surface area contributed by atoms with Crippen LogP contribution in [0.4, 0.5) is 15.8 Å². The molecular weight excluding hydrogens is 257 g/mol. The summed E-state index contributed by atoms with van der Waals surface area (Å²) in [7, 11) is 0. The van der Waals surface area contributed by atoms with Gasteiger partial charge in [0.15, 0.2) is 0 Å². The number of hydrogen-bond donors (Lipinski definition) is 2. The molecule has 1 atom stereocenters. The second kappa shape index (κ2) is 6.70. The van der Waals surface area contributed by atoms with Gasteiger partial charge in [-0.1, -0.05) is 13.3 Å². The minimum atomic E-state index is -0.404. The maximum absolute atomic E-state index is 13.1. The quantitative estimate of drug-likeness (QED) is 0.832. The van der Waals surface area contributed by atoms with Crippen LogP contribution >= 0.6 is 0 Å². The van der Waals surface area contributed by atoms with Crippen molar-refractivity contribution in [2.24, 2.45) is 5.92 Å². The molecule has 0 bridgehead atoms. The zero-order valence-corrected chi connectivity index (χ0v) is 11.9. The van der Waals surface area contributed by atoms with Crippen molar-refractivity contribution in [2.75, 3.05) is 30.7 Å². The molecule has 1 aromatic rings. The SMILES string of the molecule is CCC1CCCN(CC(=O)Nc2cc(F)ccc2N)C1. The van der Waals surface area contributed by atoms with E-state index in [1.165, 1.54) is 24.6 Å². The summed E-state index contributed by atoms with van der Waals surface area (Å²) in [5.41, 5.74) is 6.45. The molecule has 1 aliphatic rings. The van der Waals surface area contributed by atoms with Gasteiger partial charge in [-0.2, -0.15) is 0 Å². The van der Waals surface area contributed by atoms with Crippen LogP contribution in [-0.4, -0.2) is 30.4 Å². The summed E-state index contributed by atoms with van der Waals surface area (Å²) < 4.78 is 13.1. The van der Waals surface area contributed by atoms with E-state index in [-0.39, 0.29) is 5.91 Å². The van der Waals surface area contributed by atoms with E-state index in [1.807, 2.05) is 0 Å². The number of piperidine rings is 1. The number of hydrogen-bond acceptors (Lipinski definition) is 3. The van der Waals surface area contributed by atoms with Gasteiger partial charge in [0, 0.05) is 6.54 Å². The van der Waals surface area contributed by atoms with Gasteiger partial charge in [-0.15, -0.1) is 0 Å². The molecule has 1 saturated heterocycles. The summed E-state index contributed by atoms with van der Waals surface area (Å²) in [5.74, 6) is 0.133. The van der Waals surface area contributed by atoms with Crippen LogP contribution in [0.25, 0.3) is 0 Å². The van der Waals surface area contributed by atoms with Crippen LogP contribution in [0.15, 0.2) is 18.2 Å². The highest BCUT2D eigenvalue weighted by molar-refractivity contribution is 5.95. The fraction of sp³-hybridized carbons (Fsp3) is 0.533. The lowest BCUT2D eigenvalue weighted by atomic mass is 9.96. The molecule has 1 heterocycles. The number of nitrogens with one attached hydrogen (secondary N) is 1. The molecule has 20 heavy (non-hydrogen) atoms. The lowest BCUT2D eigenvalue weighted by Gasteiger charge is -2.31. The molecule has 1 fully saturated rings. The molecule has 0 spiro atoms. The molecule has 0 aromatic heterocycles. The predicted octanol–water partition coefficient (Wildman–Crippen LogP) is 2.47. The Morgan fingerprint density at radius 1 is 1.55 bits per heavy atom. The Morgan fingerprint density at radius 2 is 2.35 bits per heavy atom. The first-order chi connectivity index (χ1) is 9.58. The van der Waals surface area contributed by atoms with Gasteiger partial charge in [0.25, 0.3) is 0 Å². The van der Waals surface area contributed by atoms with Gasteiger partial charge in [-0.3, -0.25) is 9.69 Å². The molecule has 1 aromatic carbocycles. The Bertz CT molecular complexity index is 478. The number of nitrogen functional groups attached to an aromatic ring is 1. The van der Waals surface area contributed by atoms with E-state index < -0.39 is 5.82 Å². The third kappa shape index (κ3) is 3.93. The van der Waals surface area contributed by atoms with Crippen LogP contribution in [0.3, 0.4) is 0 Å². The van der Waals surface area contributed by atoms with Gasteiger partial charge >= 0.3 is 0 Å². The minimum absolute atomic E-state index is 0.140. The summed E-state index contributed by atoms with van der Waals surface area (Å²) in [5, 5.41) is 2.69. The summed E-state index contributed by atoms with van der Waals surface area (Å²) in [6.45, 7) is 4.43. The summed E-state index contributed by atoms with van der Waals surface area (Å²) in [6, 6.07) is 3.98. The highest BCUT2D eigenvalue weighted by Gasteiger charge is 2.20. The van der Waals surface area contributed by atoms with Gasteiger partial charge in [-0.05, 0) is 43.5 Å². The number of nitrogens with zero attached hydrogens (tertiary/aromatic N) is 1. The number of carbonyl (C=O) groups is 1. The van der Waals surface area contributed by atoms with Crippen molar-refractivity contribution >= 4 is 17.3 Å².